The largest absolute Gasteiger partial charge is 0.345 e. The Morgan fingerprint density at radius 3 is 2.79 bits per heavy atom. The lowest BCUT2D eigenvalue weighted by Gasteiger charge is -2.25. The number of hydrogen-bond donors (Lipinski definition) is 1. The Morgan fingerprint density at radius 1 is 1.17 bits per heavy atom. The molecule has 2 unspecified atom stereocenters. The van der Waals surface area contributed by atoms with E-state index in [-0.39, 0.29) is 17.9 Å². The first-order valence-electron chi connectivity index (χ1n) is 9.32. The average Bonchev–Trinajstić information content (AvgIpc) is 3.36. The number of pyridine rings is 1. The molecule has 2 amide bonds. The van der Waals surface area contributed by atoms with Crippen molar-refractivity contribution in [1.29, 1.82) is 0 Å². The van der Waals surface area contributed by atoms with Crippen LogP contribution in [0.1, 0.15) is 42.0 Å². The zero-order chi connectivity index (χ0) is 20.5. The van der Waals surface area contributed by atoms with Gasteiger partial charge in [0, 0.05) is 18.3 Å². The highest BCUT2D eigenvalue weighted by Gasteiger charge is 2.35. The number of nitrogens with one attached hydrogen (secondary N) is 1. The number of rotatable bonds is 4. The van der Waals surface area contributed by atoms with Crippen LogP contribution in [-0.4, -0.2) is 43.9 Å². The number of hydrogen-bond acceptors (Lipinski definition) is 4. The highest BCUT2D eigenvalue weighted by Crippen LogP contribution is 2.26. The van der Waals surface area contributed by atoms with Crippen molar-refractivity contribution in [2.24, 2.45) is 0 Å². The summed E-state index contributed by atoms with van der Waals surface area (Å²) in [5, 5.41) is 12.0. The molecule has 0 saturated carbocycles. The van der Waals surface area contributed by atoms with Gasteiger partial charge in [-0.25, -0.2) is 0 Å². The van der Waals surface area contributed by atoms with Crippen LogP contribution in [0.4, 0.5) is 0 Å². The fourth-order valence-corrected chi connectivity index (χ4v) is 3.90. The maximum absolute atomic E-state index is 12.9. The summed E-state index contributed by atoms with van der Waals surface area (Å²) in [5.74, 6) is 0.187. The predicted octanol–water partition coefficient (Wildman–Crippen LogP) is 3.52. The molecule has 1 N–H and O–H groups in total. The fourth-order valence-electron chi connectivity index (χ4n) is 3.61. The molecule has 2 atom stereocenters. The van der Waals surface area contributed by atoms with Crippen LogP contribution in [-0.2, 0) is 4.79 Å². The molecule has 3 aromatic rings. The van der Waals surface area contributed by atoms with E-state index in [4.69, 9.17) is 23.2 Å². The van der Waals surface area contributed by atoms with Crippen LogP contribution in [0.2, 0.25) is 10.0 Å². The molecular formula is C20H19Cl2N5O2. The molecule has 9 heteroatoms. The Kier molecular flexibility index (Phi) is 5.43. The maximum Gasteiger partial charge on any atom is 0.254 e. The van der Waals surface area contributed by atoms with E-state index in [0.29, 0.717) is 40.0 Å². The molecule has 3 heterocycles. The number of likely N-dealkylation sites (tertiary alicyclic amines) is 1. The minimum atomic E-state index is -0.543. The standard InChI is InChI=1S/C20H19Cl2N5O2/c1-12(18-25-24-17-6-2-3-9-27(17)18)23-19(28)16-5-4-10-26(16)20(29)13-7-8-14(21)15(22)11-13/h2-3,6-9,11-12,16H,4-5,10H2,1H3,(H,23,28). The zero-order valence-electron chi connectivity index (χ0n) is 15.7. The third-order valence-electron chi connectivity index (χ3n) is 5.07. The molecule has 1 aliphatic rings. The lowest BCUT2D eigenvalue weighted by molar-refractivity contribution is -0.125. The minimum Gasteiger partial charge on any atom is -0.345 e. The quantitative estimate of drug-likeness (QED) is 0.684. The molecule has 1 fully saturated rings. The van der Waals surface area contributed by atoms with Crippen molar-refractivity contribution in [3.63, 3.8) is 0 Å². The highest BCUT2D eigenvalue weighted by molar-refractivity contribution is 6.42. The topological polar surface area (TPSA) is 79.6 Å². The normalized spacial score (nSPS) is 17.5. The number of benzene rings is 1. The number of fused-ring (bicyclic) bond motifs is 1. The van der Waals surface area contributed by atoms with Crippen molar-refractivity contribution >= 4 is 40.7 Å². The SMILES string of the molecule is CC(NC(=O)C1CCCN1C(=O)c1ccc(Cl)c(Cl)c1)c1nnc2ccccn12. The van der Waals surface area contributed by atoms with Gasteiger partial charge in [-0.3, -0.25) is 14.0 Å². The zero-order valence-corrected chi connectivity index (χ0v) is 17.2. The van der Waals surface area contributed by atoms with E-state index in [9.17, 15) is 9.59 Å². The second-order valence-corrected chi connectivity index (χ2v) is 7.82. The molecule has 0 bridgehead atoms. The number of carbonyl (C=O) groups excluding carboxylic acids is 2. The van der Waals surface area contributed by atoms with Gasteiger partial charge in [0.05, 0.1) is 16.1 Å². The van der Waals surface area contributed by atoms with Gasteiger partial charge < -0.3 is 10.2 Å². The molecule has 0 aliphatic carbocycles. The van der Waals surface area contributed by atoms with Crippen LogP contribution >= 0.6 is 23.2 Å². The first-order chi connectivity index (χ1) is 14.0. The first kappa shape index (κ1) is 19.7. The van der Waals surface area contributed by atoms with Gasteiger partial charge >= 0.3 is 0 Å². The fraction of sp³-hybridized carbons (Fsp3) is 0.300. The molecule has 1 saturated heterocycles. The van der Waals surface area contributed by atoms with Gasteiger partial charge in [-0.15, -0.1) is 10.2 Å². The van der Waals surface area contributed by atoms with Crippen molar-refractivity contribution in [3.05, 3.63) is 64.0 Å². The van der Waals surface area contributed by atoms with Gasteiger partial charge in [0.25, 0.3) is 5.91 Å². The van der Waals surface area contributed by atoms with Crippen LogP contribution in [0.25, 0.3) is 5.65 Å². The average molecular weight is 432 g/mol. The van der Waals surface area contributed by atoms with Gasteiger partial charge in [-0.2, -0.15) is 0 Å². The number of nitrogens with zero attached hydrogens (tertiary/aromatic N) is 4. The summed E-state index contributed by atoms with van der Waals surface area (Å²) in [7, 11) is 0. The van der Waals surface area contributed by atoms with E-state index in [1.54, 1.807) is 17.0 Å². The molecule has 150 valence electrons. The van der Waals surface area contributed by atoms with Crippen molar-refractivity contribution < 1.29 is 9.59 Å². The van der Waals surface area contributed by atoms with Crippen LogP contribution in [0.15, 0.2) is 42.6 Å². The maximum atomic E-state index is 12.9. The van der Waals surface area contributed by atoms with Gasteiger partial charge in [0.1, 0.15) is 6.04 Å². The summed E-state index contributed by atoms with van der Waals surface area (Å²) in [4.78, 5) is 27.5. The van der Waals surface area contributed by atoms with E-state index in [2.05, 4.69) is 15.5 Å². The lowest BCUT2D eigenvalue weighted by atomic mass is 10.1. The van der Waals surface area contributed by atoms with E-state index in [1.807, 2.05) is 35.7 Å². The van der Waals surface area contributed by atoms with Gasteiger partial charge in [-0.1, -0.05) is 29.3 Å². The Bertz CT molecular complexity index is 1080. The molecule has 29 heavy (non-hydrogen) atoms. The second-order valence-electron chi connectivity index (χ2n) is 7.00. The number of amides is 2. The summed E-state index contributed by atoms with van der Waals surface area (Å²) in [5.41, 5.74) is 1.12. The van der Waals surface area contributed by atoms with Crippen molar-refractivity contribution in [2.45, 2.75) is 31.8 Å². The van der Waals surface area contributed by atoms with Crippen molar-refractivity contribution in [2.75, 3.05) is 6.54 Å². The minimum absolute atomic E-state index is 0.212. The second kappa shape index (κ2) is 8.00. The van der Waals surface area contributed by atoms with E-state index in [0.717, 1.165) is 6.42 Å². The highest BCUT2D eigenvalue weighted by atomic mass is 35.5. The molecule has 1 aliphatic heterocycles. The molecular weight excluding hydrogens is 413 g/mol. The van der Waals surface area contributed by atoms with Crippen LogP contribution in [0.3, 0.4) is 0 Å². The molecule has 0 spiro atoms. The number of carbonyl (C=O) groups is 2. The van der Waals surface area contributed by atoms with Crippen molar-refractivity contribution in [3.8, 4) is 0 Å². The number of halogens is 2. The summed E-state index contributed by atoms with van der Waals surface area (Å²) < 4.78 is 1.83. The summed E-state index contributed by atoms with van der Waals surface area (Å²) in [6.07, 6.45) is 3.21. The summed E-state index contributed by atoms with van der Waals surface area (Å²) >= 11 is 12.0. The first-order valence-corrected chi connectivity index (χ1v) is 10.1. The predicted molar refractivity (Wildman–Crippen MR) is 110 cm³/mol. The van der Waals surface area contributed by atoms with Gasteiger partial charge in [0.15, 0.2) is 11.5 Å². The monoisotopic (exact) mass is 431 g/mol. The van der Waals surface area contributed by atoms with E-state index < -0.39 is 6.04 Å². The molecule has 0 radical (unpaired) electrons. The van der Waals surface area contributed by atoms with Gasteiger partial charge in [-0.05, 0) is 50.1 Å². The third-order valence-corrected chi connectivity index (χ3v) is 5.81. The molecule has 7 nitrogen and oxygen atoms in total. The smallest absolute Gasteiger partial charge is 0.254 e. The van der Waals surface area contributed by atoms with Crippen LogP contribution in [0, 0.1) is 0 Å². The van der Waals surface area contributed by atoms with Crippen LogP contribution in [0.5, 0.6) is 0 Å². The Morgan fingerprint density at radius 2 is 2.00 bits per heavy atom. The Balaban J connectivity index is 1.50. The molecule has 4 rings (SSSR count). The Labute approximate surface area is 177 Å². The third kappa shape index (κ3) is 3.80. The number of aromatic nitrogens is 3. The van der Waals surface area contributed by atoms with E-state index in [1.165, 1.54) is 6.07 Å². The summed E-state index contributed by atoms with van der Waals surface area (Å²) in [6, 6.07) is 9.44. The van der Waals surface area contributed by atoms with E-state index >= 15 is 0 Å². The van der Waals surface area contributed by atoms with Crippen molar-refractivity contribution in [1.82, 2.24) is 24.8 Å². The molecule has 1 aromatic carbocycles. The summed E-state index contributed by atoms with van der Waals surface area (Å²) in [6.45, 7) is 2.36. The molecule has 2 aromatic heterocycles. The lowest BCUT2D eigenvalue weighted by Crippen LogP contribution is -2.46. The van der Waals surface area contributed by atoms with Gasteiger partial charge in [0.2, 0.25) is 5.91 Å². The van der Waals surface area contributed by atoms with Crippen LogP contribution < -0.4 is 5.32 Å². The Hall–Kier alpha value is -2.64.